The van der Waals surface area contributed by atoms with Crippen LogP contribution in [0.5, 0.6) is 0 Å². The van der Waals surface area contributed by atoms with Gasteiger partial charge in [0.05, 0.1) is 18.1 Å². The molecular weight excluding hydrogens is 470 g/mol. The fourth-order valence-corrected chi connectivity index (χ4v) is 3.92. The third-order valence-electron chi connectivity index (χ3n) is 5.24. The third-order valence-corrected chi connectivity index (χ3v) is 5.24. The molecule has 1 aliphatic heterocycles. The molecule has 0 radical (unpaired) electrons. The van der Waals surface area contributed by atoms with Crippen molar-refractivity contribution in [2.45, 2.75) is 33.6 Å². The maximum atomic E-state index is 13.2. The minimum absolute atomic E-state index is 0.249. The zero-order chi connectivity index (χ0) is 27.8. The van der Waals surface area contributed by atoms with Gasteiger partial charge in [0, 0.05) is 30.6 Å². The second-order valence-electron chi connectivity index (χ2n) is 7.53. The van der Waals surface area contributed by atoms with Crippen LogP contribution in [0, 0.1) is 0 Å². The first-order valence-corrected chi connectivity index (χ1v) is 11.9. The normalized spacial score (nSPS) is 15.9. The van der Waals surface area contributed by atoms with Gasteiger partial charge in [0.1, 0.15) is 11.7 Å². The molecule has 0 spiro atoms. The van der Waals surface area contributed by atoms with E-state index in [1.807, 2.05) is 63.3 Å². The summed E-state index contributed by atoms with van der Waals surface area (Å²) in [6.07, 6.45) is 8.01. The number of carbonyl (C=O) groups is 3. The minimum Gasteiger partial charge on any atom is -0.463 e. The number of ether oxygens (including phenoxy) is 1. The van der Waals surface area contributed by atoms with Crippen LogP contribution in [-0.2, 0) is 19.1 Å². The van der Waals surface area contributed by atoms with Crippen LogP contribution in [0.1, 0.15) is 39.2 Å². The molecule has 2 rings (SSSR count). The molecule has 2 amide bonds. The zero-order valence-corrected chi connectivity index (χ0v) is 22.2. The number of rotatable bonds is 10. The molecule has 1 aliphatic rings. The monoisotopic (exact) mass is 507 g/mol. The van der Waals surface area contributed by atoms with Gasteiger partial charge in [-0.3, -0.25) is 19.5 Å². The van der Waals surface area contributed by atoms with E-state index in [9.17, 15) is 9.59 Å². The Hall–Kier alpha value is -4.40. The minimum atomic E-state index is -0.521. The number of dihydropyridines is 1. The van der Waals surface area contributed by atoms with Crippen LogP contribution in [0.25, 0.3) is 0 Å². The molecule has 1 aromatic rings. The Morgan fingerprint density at radius 3 is 2.38 bits per heavy atom. The van der Waals surface area contributed by atoms with E-state index in [4.69, 9.17) is 9.53 Å². The Balaban J connectivity index is 0.00000217. The fraction of sp³-hybridized carbons (Fsp3) is 0.286. The lowest BCUT2D eigenvalue weighted by Gasteiger charge is -2.36. The molecule has 0 aromatic heterocycles. The smallest absolute Gasteiger partial charge is 0.336 e. The molecule has 1 aromatic carbocycles. The molecular formula is C28H37N5O4. The predicted octanol–water partition coefficient (Wildman–Crippen LogP) is 3.27. The Kier molecular flexibility index (Phi) is 13.5. The van der Waals surface area contributed by atoms with Crippen LogP contribution in [0.2, 0.25) is 0 Å². The molecule has 4 N–H and O–H groups in total. The highest BCUT2D eigenvalue weighted by atomic mass is 16.5. The van der Waals surface area contributed by atoms with Crippen molar-refractivity contribution in [3.63, 3.8) is 0 Å². The van der Waals surface area contributed by atoms with Gasteiger partial charge in [-0.15, -0.1) is 0 Å². The summed E-state index contributed by atoms with van der Waals surface area (Å²) in [5, 5.41) is 6.60. The number of esters is 1. The standard InChI is InChI=1S/C27H34N4O3.CH3NO/c1-7-14-21(15-8-2)31(18-32)26-24(25(28-6)29-9-3)23(20-16-12-11-13-17-20)22(19(5)30-26)27(33)34-10-4;2-1-3/h7-8,11-18,23,30H,1,9-10H2,2-6H3,(H,28,29);1H,(H2,2,3)/b15-8-,21-14+;. The van der Waals surface area contributed by atoms with Crippen molar-refractivity contribution in [1.82, 2.24) is 15.5 Å². The van der Waals surface area contributed by atoms with Crippen molar-refractivity contribution >= 4 is 24.6 Å². The number of hydrogen-bond donors (Lipinski definition) is 3. The lowest BCUT2D eigenvalue weighted by Crippen LogP contribution is -2.42. The molecule has 0 bridgehead atoms. The Labute approximate surface area is 219 Å². The molecule has 1 atom stereocenters. The Bertz CT molecular complexity index is 1100. The van der Waals surface area contributed by atoms with Crippen LogP contribution >= 0.6 is 0 Å². The Morgan fingerprint density at radius 1 is 1.24 bits per heavy atom. The van der Waals surface area contributed by atoms with E-state index >= 15 is 0 Å². The summed E-state index contributed by atoms with van der Waals surface area (Å²) in [6.45, 7) is 12.1. The van der Waals surface area contributed by atoms with Gasteiger partial charge in [0.15, 0.2) is 0 Å². The van der Waals surface area contributed by atoms with Gasteiger partial charge >= 0.3 is 5.97 Å². The largest absolute Gasteiger partial charge is 0.463 e. The molecule has 0 fully saturated rings. The van der Waals surface area contributed by atoms with Gasteiger partial charge in [0.25, 0.3) is 0 Å². The molecule has 37 heavy (non-hydrogen) atoms. The number of aliphatic imine (C=N–C) groups is 1. The van der Waals surface area contributed by atoms with Crippen molar-refractivity contribution in [3.8, 4) is 0 Å². The molecule has 0 saturated heterocycles. The lowest BCUT2D eigenvalue weighted by molar-refractivity contribution is -0.138. The summed E-state index contributed by atoms with van der Waals surface area (Å²) in [6, 6.07) is 9.67. The van der Waals surface area contributed by atoms with E-state index in [0.717, 1.165) is 12.0 Å². The van der Waals surface area contributed by atoms with E-state index < -0.39 is 11.9 Å². The highest BCUT2D eigenvalue weighted by Gasteiger charge is 2.39. The predicted molar refractivity (Wildman–Crippen MR) is 147 cm³/mol. The SMILES string of the molecule is C=C/C=C(\C=C/C)N(C=O)C1=C(C(=NC)NCC)C(c2ccccc2)C(C(=O)OCC)=C(C)N1.NC=O. The lowest BCUT2D eigenvalue weighted by atomic mass is 9.80. The molecule has 9 nitrogen and oxygen atoms in total. The van der Waals surface area contributed by atoms with E-state index in [2.05, 4.69) is 27.9 Å². The second kappa shape index (κ2) is 16.3. The van der Waals surface area contributed by atoms with E-state index in [0.29, 0.717) is 40.7 Å². The van der Waals surface area contributed by atoms with Crippen LogP contribution in [-0.4, -0.2) is 49.7 Å². The summed E-state index contributed by atoms with van der Waals surface area (Å²) in [7, 11) is 1.68. The highest BCUT2D eigenvalue weighted by Crippen LogP contribution is 2.40. The molecule has 1 unspecified atom stereocenters. The van der Waals surface area contributed by atoms with Crippen molar-refractivity contribution < 1.29 is 19.1 Å². The van der Waals surface area contributed by atoms with Gasteiger partial charge in [0.2, 0.25) is 12.8 Å². The summed E-state index contributed by atoms with van der Waals surface area (Å²) in [5.41, 5.74) is 7.39. The summed E-state index contributed by atoms with van der Waals surface area (Å²) in [4.78, 5) is 40.2. The quantitative estimate of drug-likeness (QED) is 0.147. The van der Waals surface area contributed by atoms with Crippen LogP contribution in [0.4, 0.5) is 0 Å². The van der Waals surface area contributed by atoms with Crippen molar-refractivity contribution in [1.29, 1.82) is 0 Å². The number of benzene rings is 1. The highest BCUT2D eigenvalue weighted by molar-refractivity contribution is 6.05. The number of primary amides is 1. The number of hydrogen-bond acceptors (Lipinski definition) is 6. The number of amidine groups is 1. The van der Waals surface area contributed by atoms with Crippen molar-refractivity contribution in [3.05, 3.63) is 95.1 Å². The topological polar surface area (TPSA) is 126 Å². The van der Waals surface area contributed by atoms with Gasteiger partial charge in [-0.25, -0.2) is 4.79 Å². The maximum Gasteiger partial charge on any atom is 0.336 e. The third kappa shape index (κ3) is 7.79. The van der Waals surface area contributed by atoms with Crippen molar-refractivity contribution in [2.75, 3.05) is 20.2 Å². The second-order valence-corrected chi connectivity index (χ2v) is 7.53. The summed E-state index contributed by atoms with van der Waals surface area (Å²) >= 11 is 0. The first kappa shape index (κ1) is 30.6. The molecule has 198 valence electrons. The number of likely N-dealkylation sites (N-methyl/N-ethyl adjacent to an activating group) is 1. The van der Waals surface area contributed by atoms with Gasteiger partial charge in [-0.05, 0) is 45.4 Å². The molecule has 0 aliphatic carbocycles. The van der Waals surface area contributed by atoms with E-state index in [-0.39, 0.29) is 13.0 Å². The van der Waals surface area contributed by atoms with Crippen LogP contribution in [0.3, 0.4) is 0 Å². The van der Waals surface area contributed by atoms with Crippen LogP contribution in [0.15, 0.2) is 94.6 Å². The van der Waals surface area contributed by atoms with Gasteiger partial charge in [-0.1, -0.05) is 49.1 Å². The van der Waals surface area contributed by atoms with Gasteiger partial charge < -0.3 is 21.1 Å². The fourth-order valence-electron chi connectivity index (χ4n) is 3.92. The van der Waals surface area contributed by atoms with Gasteiger partial charge in [-0.2, -0.15) is 0 Å². The summed E-state index contributed by atoms with van der Waals surface area (Å²) < 4.78 is 5.43. The van der Waals surface area contributed by atoms with E-state index in [1.54, 1.807) is 26.1 Å². The maximum absolute atomic E-state index is 13.2. The van der Waals surface area contributed by atoms with E-state index in [1.165, 1.54) is 4.90 Å². The van der Waals surface area contributed by atoms with Crippen LogP contribution < -0.4 is 16.4 Å². The molecule has 0 saturated carbocycles. The first-order chi connectivity index (χ1) is 17.9. The summed E-state index contributed by atoms with van der Waals surface area (Å²) in [5.74, 6) is 0.130. The number of nitrogens with two attached hydrogens (primary N) is 1. The average Bonchev–Trinajstić information content (AvgIpc) is 2.89. The average molecular weight is 508 g/mol. The number of allylic oxidation sites excluding steroid dienone is 5. The number of nitrogens with one attached hydrogen (secondary N) is 2. The molecule has 9 heteroatoms. The number of amides is 2. The Morgan fingerprint density at radius 2 is 1.89 bits per heavy atom. The zero-order valence-electron chi connectivity index (χ0n) is 22.2. The number of nitrogens with zero attached hydrogens (tertiary/aromatic N) is 2. The van der Waals surface area contributed by atoms with Crippen molar-refractivity contribution in [2.24, 2.45) is 10.7 Å². The first-order valence-electron chi connectivity index (χ1n) is 11.9. The number of carbonyl (C=O) groups excluding carboxylic acids is 3. The molecule has 1 heterocycles.